The molecule has 92 valence electrons. The van der Waals surface area contributed by atoms with E-state index in [0.717, 1.165) is 30.1 Å². The smallest absolute Gasteiger partial charge is 0.0125 e. The fourth-order valence-corrected chi connectivity index (χ4v) is 4.07. The van der Waals surface area contributed by atoms with Crippen LogP contribution < -0.4 is 5.32 Å². The maximum Gasteiger partial charge on any atom is 0.0125 e. The Balaban J connectivity index is 1.62. The van der Waals surface area contributed by atoms with Crippen LogP contribution in [-0.4, -0.2) is 36.1 Å². The maximum atomic E-state index is 3.75. The van der Waals surface area contributed by atoms with Gasteiger partial charge in [0.05, 0.1) is 0 Å². The average molecular weight is 222 g/mol. The van der Waals surface area contributed by atoms with Crippen LogP contribution in [0.5, 0.6) is 0 Å². The number of nitrogens with zero attached hydrogens (tertiary/aromatic N) is 1. The van der Waals surface area contributed by atoms with Gasteiger partial charge < -0.3 is 10.2 Å². The second-order valence-corrected chi connectivity index (χ2v) is 6.24. The Bertz CT molecular complexity index is 237. The SMILES string of the molecule is CCC(C1CC1)N(C)C1CC2CCC(C1)N2. The molecule has 3 fully saturated rings. The minimum Gasteiger partial charge on any atom is -0.311 e. The van der Waals surface area contributed by atoms with Crippen LogP contribution in [0.25, 0.3) is 0 Å². The van der Waals surface area contributed by atoms with Crippen molar-refractivity contribution in [1.29, 1.82) is 0 Å². The Hall–Kier alpha value is -0.0800. The van der Waals surface area contributed by atoms with Crippen molar-refractivity contribution in [2.24, 2.45) is 5.92 Å². The molecule has 2 aliphatic heterocycles. The zero-order valence-electron chi connectivity index (χ0n) is 10.8. The third-order valence-electron chi connectivity index (χ3n) is 5.13. The zero-order valence-corrected chi connectivity index (χ0v) is 10.8. The fraction of sp³-hybridized carbons (Fsp3) is 1.00. The van der Waals surface area contributed by atoms with E-state index in [9.17, 15) is 0 Å². The fourth-order valence-electron chi connectivity index (χ4n) is 4.07. The van der Waals surface area contributed by atoms with Crippen LogP contribution >= 0.6 is 0 Å². The van der Waals surface area contributed by atoms with Gasteiger partial charge in [0, 0.05) is 24.2 Å². The summed E-state index contributed by atoms with van der Waals surface area (Å²) in [6, 6.07) is 3.41. The third-order valence-corrected chi connectivity index (χ3v) is 5.13. The van der Waals surface area contributed by atoms with E-state index >= 15 is 0 Å². The topological polar surface area (TPSA) is 15.3 Å². The molecule has 0 spiro atoms. The van der Waals surface area contributed by atoms with Gasteiger partial charge in [0.2, 0.25) is 0 Å². The van der Waals surface area contributed by atoms with Gasteiger partial charge in [-0.3, -0.25) is 0 Å². The van der Waals surface area contributed by atoms with Gasteiger partial charge in [0.15, 0.2) is 0 Å². The average Bonchev–Trinajstić information content (AvgIpc) is 3.06. The van der Waals surface area contributed by atoms with Crippen LogP contribution in [-0.2, 0) is 0 Å². The molecule has 3 atom stereocenters. The van der Waals surface area contributed by atoms with Crippen LogP contribution in [0.2, 0.25) is 0 Å². The van der Waals surface area contributed by atoms with Gasteiger partial charge in [-0.15, -0.1) is 0 Å². The normalized spacial score (nSPS) is 40.3. The largest absolute Gasteiger partial charge is 0.311 e. The zero-order chi connectivity index (χ0) is 11.1. The van der Waals surface area contributed by atoms with Crippen molar-refractivity contribution in [3.8, 4) is 0 Å². The molecule has 1 N–H and O–H groups in total. The lowest BCUT2D eigenvalue weighted by molar-refractivity contribution is 0.109. The molecule has 2 saturated heterocycles. The molecule has 2 nitrogen and oxygen atoms in total. The lowest BCUT2D eigenvalue weighted by Gasteiger charge is -2.40. The first-order chi connectivity index (χ1) is 7.78. The molecule has 0 aromatic carbocycles. The molecule has 1 aliphatic carbocycles. The van der Waals surface area contributed by atoms with E-state index in [2.05, 4.69) is 24.2 Å². The molecule has 2 heterocycles. The molecule has 1 saturated carbocycles. The van der Waals surface area contributed by atoms with E-state index in [1.54, 1.807) is 0 Å². The van der Waals surface area contributed by atoms with Gasteiger partial charge in [0.1, 0.15) is 0 Å². The number of rotatable bonds is 4. The first-order valence-corrected chi connectivity index (χ1v) is 7.26. The number of nitrogens with one attached hydrogen (secondary N) is 1. The highest BCUT2D eigenvalue weighted by Crippen LogP contribution is 2.39. The summed E-state index contributed by atoms with van der Waals surface area (Å²) in [4.78, 5) is 2.74. The van der Waals surface area contributed by atoms with E-state index in [1.165, 1.54) is 44.9 Å². The molecule has 3 rings (SSSR count). The molecule has 0 radical (unpaired) electrons. The summed E-state index contributed by atoms with van der Waals surface area (Å²) in [7, 11) is 2.39. The summed E-state index contributed by atoms with van der Waals surface area (Å²) >= 11 is 0. The summed E-state index contributed by atoms with van der Waals surface area (Å²) in [5.41, 5.74) is 0. The highest BCUT2D eigenvalue weighted by atomic mass is 15.2. The van der Waals surface area contributed by atoms with Crippen molar-refractivity contribution < 1.29 is 0 Å². The Morgan fingerprint density at radius 2 is 1.75 bits per heavy atom. The van der Waals surface area contributed by atoms with Crippen molar-refractivity contribution in [1.82, 2.24) is 10.2 Å². The summed E-state index contributed by atoms with van der Waals surface area (Å²) in [6.07, 6.45) is 9.97. The van der Waals surface area contributed by atoms with Gasteiger partial charge in [-0.05, 0) is 57.9 Å². The second kappa shape index (κ2) is 4.30. The van der Waals surface area contributed by atoms with Crippen molar-refractivity contribution in [3.05, 3.63) is 0 Å². The van der Waals surface area contributed by atoms with Crippen LogP contribution in [0, 0.1) is 5.92 Å². The van der Waals surface area contributed by atoms with Crippen molar-refractivity contribution >= 4 is 0 Å². The van der Waals surface area contributed by atoms with Gasteiger partial charge in [0.25, 0.3) is 0 Å². The van der Waals surface area contributed by atoms with Crippen molar-refractivity contribution in [2.45, 2.75) is 76.0 Å². The van der Waals surface area contributed by atoms with Crippen LogP contribution in [0.15, 0.2) is 0 Å². The van der Waals surface area contributed by atoms with E-state index in [1.807, 2.05) is 0 Å². The van der Waals surface area contributed by atoms with Crippen LogP contribution in [0.4, 0.5) is 0 Å². The van der Waals surface area contributed by atoms with Gasteiger partial charge in [-0.1, -0.05) is 6.92 Å². The predicted octanol–water partition coefficient (Wildman–Crippen LogP) is 2.39. The minimum atomic E-state index is 0.836. The molecule has 0 amide bonds. The quantitative estimate of drug-likeness (QED) is 0.786. The Kier molecular flexibility index (Phi) is 2.97. The summed E-state index contributed by atoms with van der Waals surface area (Å²) in [6.45, 7) is 2.37. The minimum absolute atomic E-state index is 0.836. The van der Waals surface area contributed by atoms with Gasteiger partial charge in [-0.2, -0.15) is 0 Å². The lowest BCUT2D eigenvalue weighted by Crippen LogP contribution is -2.50. The van der Waals surface area contributed by atoms with Crippen LogP contribution in [0.1, 0.15) is 51.9 Å². The Morgan fingerprint density at radius 3 is 2.25 bits per heavy atom. The van der Waals surface area contributed by atoms with Gasteiger partial charge >= 0.3 is 0 Å². The molecule has 2 bridgehead atoms. The first kappa shape index (κ1) is 11.0. The first-order valence-electron chi connectivity index (χ1n) is 7.26. The van der Waals surface area contributed by atoms with E-state index in [0.29, 0.717) is 0 Å². The number of piperidine rings is 1. The summed E-state index contributed by atoms with van der Waals surface area (Å²) in [5, 5.41) is 3.75. The van der Waals surface area contributed by atoms with E-state index in [-0.39, 0.29) is 0 Å². The predicted molar refractivity (Wildman–Crippen MR) is 67.5 cm³/mol. The highest BCUT2D eigenvalue weighted by Gasteiger charge is 2.40. The molecular formula is C14H26N2. The molecule has 0 aromatic heterocycles. The summed E-state index contributed by atoms with van der Waals surface area (Å²) in [5.74, 6) is 1.03. The van der Waals surface area contributed by atoms with E-state index in [4.69, 9.17) is 0 Å². The molecule has 3 unspecified atom stereocenters. The Morgan fingerprint density at radius 1 is 1.12 bits per heavy atom. The summed E-state index contributed by atoms with van der Waals surface area (Å²) < 4.78 is 0. The molecular weight excluding hydrogens is 196 g/mol. The van der Waals surface area contributed by atoms with E-state index < -0.39 is 0 Å². The standard InChI is InChI=1S/C14H26N2/c1-3-14(10-4-5-10)16(2)13-8-11-6-7-12(9-13)15-11/h10-15H,3-9H2,1-2H3. The third kappa shape index (κ3) is 2.02. The van der Waals surface area contributed by atoms with Crippen molar-refractivity contribution in [3.63, 3.8) is 0 Å². The lowest BCUT2D eigenvalue weighted by atomic mass is 9.95. The van der Waals surface area contributed by atoms with Gasteiger partial charge in [-0.25, -0.2) is 0 Å². The van der Waals surface area contributed by atoms with Crippen LogP contribution in [0.3, 0.4) is 0 Å². The number of hydrogen-bond donors (Lipinski definition) is 1. The number of fused-ring (bicyclic) bond motifs is 2. The molecule has 0 aromatic rings. The monoisotopic (exact) mass is 222 g/mol. The molecule has 2 heteroatoms. The molecule has 16 heavy (non-hydrogen) atoms. The Labute approximate surface area is 99.8 Å². The molecule has 3 aliphatic rings. The second-order valence-electron chi connectivity index (χ2n) is 6.24. The number of hydrogen-bond acceptors (Lipinski definition) is 2. The highest BCUT2D eigenvalue weighted by molar-refractivity contribution is 4.98. The maximum absolute atomic E-state index is 3.75. The van der Waals surface area contributed by atoms with Crippen molar-refractivity contribution in [2.75, 3.05) is 7.05 Å².